The fraction of sp³-hybridized carbons (Fsp3) is 0.350. The Labute approximate surface area is 157 Å². The molecule has 0 N–H and O–H groups in total. The Kier molecular flexibility index (Phi) is 5.32. The third kappa shape index (κ3) is 3.60. The average Bonchev–Trinajstić information content (AvgIpc) is 3.11. The zero-order valence-electron chi connectivity index (χ0n) is 15.1. The van der Waals surface area contributed by atoms with Crippen LogP contribution in [-0.4, -0.2) is 28.0 Å². The molecule has 1 aliphatic heterocycles. The van der Waals surface area contributed by atoms with Gasteiger partial charge in [0.25, 0.3) is 11.6 Å². The maximum Gasteiger partial charge on any atom is 0.273 e. The van der Waals surface area contributed by atoms with Crippen LogP contribution in [0, 0.1) is 17.0 Å². The Morgan fingerprint density at radius 3 is 2.54 bits per heavy atom. The van der Waals surface area contributed by atoms with Gasteiger partial charge in [0.05, 0.1) is 4.92 Å². The second-order valence-corrected chi connectivity index (χ2v) is 7.99. The van der Waals surface area contributed by atoms with E-state index in [1.807, 2.05) is 4.90 Å². The molecule has 6 heteroatoms. The van der Waals surface area contributed by atoms with Crippen LogP contribution in [0.1, 0.15) is 52.2 Å². The summed E-state index contributed by atoms with van der Waals surface area (Å²) in [6, 6.07) is 13.1. The minimum absolute atomic E-state index is 0.0134. The van der Waals surface area contributed by atoms with E-state index in [0.29, 0.717) is 23.6 Å². The van der Waals surface area contributed by atoms with E-state index in [1.165, 1.54) is 11.6 Å². The van der Waals surface area contributed by atoms with Crippen LogP contribution < -0.4 is 0 Å². The van der Waals surface area contributed by atoms with Gasteiger partial charge in [-0.05, 0) is 30.0 Å². The predicted octanol–water partition coefficient (Wildman–Crippen LogP) is 4.91. The molecule has 1 atom stereocenters. The highest BCUT2D eigenvalue weighted by Crippen LogP contribution is 2.39. The first kappa shape index (κ1) is 18.5. The molecule has 1 aliphatic rings. The fourth-order valence-electron chi connectivity index (χ4n) is 3.10. The summed E-state index contributed by atoms with van der Waals surface area (Å²) >= 11 is 1.73. The Bertz CT molecular complexity index is 833. The van der Waals surface area contributed by atoms with E-state index < -0.39 is 4.92 Å². The van der Waals surface area contributed by atoms with Crippen molar-refractivity contribution in [3.8, 4) is 0 Å². The molecule has 1 saturated heterocycles. The number of hydrogen-bond acceptors (Lipinski definition) is 4. The highest BCUT2D eigenvalue weighted by Gasteiger charge is 2.32. The summed E-state index contributed by atoms with van der Waals surface area (Å²) in [6.45, 7) is 6.62. The number of hydrogen-bond donors (Lipinski definition) is 0. The number of aryl methyl sites for hydroxylation is 1. The summed E-state index contributed by atoms with van der Waals surface area (Å²) in [6.07, 6.45) is 0. The highest BCUT2D eigenvalue weighted by molar-refractivity contribution is 7.99. The molecular weight excluding hydrogens is 348 g/mol. The van der Waals surface area contributed by atoms with Gasteiger partial charge < -0.3 is 4.90 Å². The monoisotopic (exact) mass is 370 g/mol. The lowest BCUT2D eigenvalue weighted by Crippen LogP contribution is -2.30. The van der Waals surface area contributed by atoms with Crippen molar-refractivity contribution >= 4 is 23.4 Å². The van der Waals surface area contributed by atoms with Gasteiger partial charge in [0.1, 0.15) is 5.37 Å². The van der Waals surface area contributed by atoms with E-state index in [2.05, 4.69) is 38.1 Å². The van der Waals surface area contributed by atoms with Crippen LogP contribution in [0.2, 0.25) is 0 Å². The van der Waals surface area contributed by atoms with Crippen LogP contribution in [0.3, 0.4) is 0 Å². The zero-order valence-corrected chi connectivity index (χ0v) is 16.0. The third-order valence-electron chi connectivity index (χ3n) is 4.69. The van der Waals surface area contributed by atoms with Gasteiger partial charge in [-0.25, -0.2) is 0 Å². The first-order chi connectivity index (χ1) is 12.4. The van der Waals surface area contributed by atoms with Crippen LogP contribution in [0.4, 0.5) is 5.69 Å². The number of nitrogens with zero attached hydrogens (tertiary/aromatic N) is 2. The van der Waals surface area contributed by atoms with Crippen LogP contribution in [-0.2, 0) is 0 Å². The number of carbonyl (C=O) groups is 1. The standard InChI is InChI=1S/C20H22N2O3S/c1-13(2)15-6-8-16(9-7-15)20-21(10-11-26-20)19(23)17-5-4-14(3)18(12-17)22(24)25/h4-9,12-13,20H,10-11H2,1-3H3/t20-/m0/s1. The topological polar surface area (TPSA) is 63.5 Å². The second kappa shape index (κ2) is 7.50. The summed E-state index contributed by atoms with van der Waals surface area (Å²) in [5.74, 6) is 1.16. The van der Waals surface area contributed by atoms with Gasteiger partial charge in [0.2, 0.25) is 0 Å². The van der Waals surface area contributed by atoms with Gasteiger partial charge in [-0.15, -0.1) is 11.8 Å². The van der Waals surface area contributed by atoms with Crippen molar-refractivity contribution in [2.75, 3.05) is 12.3 Å². The maximum atomic E-state index is 13.0. The molecule has 0 aromatic heterocycles. The predicted molar refractivity (Wildman–Crippen MR) is 105 cm³/mol. The Balaban J connectivity index is 1.87. The molecule has 2 aromatic rings. The van der Waals surface area contributed by atoms with Gasteiger partial charge in [0.15, 0.2) is 0 Å². The number of carbonyl (C=O) groups excluding carboxylic acids is 1. The first-order valence-corrected chi connectivity index (χ1v) is 9.71. The molecule has 5 nitrogen and oxygen atoms in total. The van der Waals surface area contributed by atoms with Crippen molar-refractivity contribution in [2.45, 2.75) is 32.1 Å². The SMILES string of the molecule is Cc1ccc(C(=O)N2CCS[C@H]2c2ccc(C(C)C)cc2)cc1[N+](=O)[O-]. The first-order valence-electron chi connectivity index (χ1n) is 8.66. The molecular formula is C20H22N2O3S. The van der Waals surface area contributed by atoms with E-state index in [-0.39, 0.29) is 17.0 Å². The Morgan fingerprint density at radius 1 is 1.23 bits per heavy atom. The minimum Gasteiger partial charge on any atom is -0.322 e. The fourth-order valence-corrected chi connectivity index (χ4v) is 4.36. The van der Waals surface area contributed by atoms with Gasteiger partial charge in [-0.1, -0.05) is 44.2 Å². The van der Waals surface area contributed by atoms with E-state index in [1.54, 1.807) is 30.8 Å². The van der Waals surface area contributed by atoms with Crippen molar-refractivity contribution in [1.82, 2.24) is 4.90 Å². The highest BCUT2D eigenvalue weighted by atomic mass is 32.2. The lowest BCUT2D eigenvalue weighted by molar-refractivity contribution is -0.385. The quantitative estimate of drug-likeness (QED) is 0.566. The minimum atomic E-state index is -0.438. The van der Waals surface area contributed by atoms with Crippen LogP contribution >= 0.6 is 11.8 Å². The molecule has 3 rings (SSSR count). The number of amides is 1. The third-order valence-corrected chi connectivity index (χ3v) is 5.95. The van der Waals surface area contributed by atoms with Gasteiger partial charge >= 0.3 is 0 Å². The molecule has 1 heterocycles. The van der Waals surface area contributed by atoms with Crippen molar-refractivity contribution in [2.24, 2.45) is 0 Å². The van der Waals surface area contributed by atoms with Crippen molar-refractivity contribution in [1.29, 1.82) is 0 Å². The average molecular weight is 370 g/mol. The van der Waals surface area contributed by atoms with Crippen LogP contribution in [0.5, 0.6) is 0 Å². The molecule has 0 unspecified atom stereocenters. The lowest BCUT2D eigenvalue weighted by atomic mass is 10.0. The van der Waals surface area contributed by atoms with Gasteiger partial charge in [0, 0.05) is 29.5 Å². The molecule has 26 heavy (non-hydrogen) atoms. The summed E-state index contributed by atoms with van der Waals surface area (Å²) in [5.41, 5.74) is 3.27. The molecule has 1 fully saturated rings. The molecule has 0 radical (unpaired) electrons. The zero-order chi connectivity index (χ0) is 18.8. The van der Waals surface area contributed by atoms with Crippen molar-refractivity contribution in [3.05, 3.63) is 74.8 Å². The summed E-state index contributed by atoms with van der Waals surface area (Å²) in [5, 5.41) is 11.1. The van der Waals surface area contributed by atoms with Crippen molar-refractivity contribution in [3.63, 3.8) is 0 Å². The summed E-state index contributed by atoms with van der Waals surface area (Å²) in [7, 11) is 0. The van der Waals surface area contributed by atoms with E-state index in [9.17, 15) is 14.9 Å². The maximum absolute atomic E-state index is 13.0. The normalized spacial score (nSPS) is 16.9. The van der Waals surface area contributed by atoms with E-state index >= 15 is 0 Å². The van der Waals surface area contributed by atoms with Crippen LogP contribution in [0.15, 0.2) is 42.5 Å². The largest absolute Gasteiger partial charge is 0.322 e. The van der Waals surface area contributed by atoms with Gasteiger partial charge in [-0.3, -0.25) is 14.9 Å². The Hall–Kier alpha value is -2.34. The second-order valence-electron chi connectivity index (χ2n) is 6.80. The number of nitro benzene ring substituents is 1. The molecule has 136 valence electrons. The number of thioether (sulfide) groups is 1. The number of rotatable bonds is 4. The molecule has 1 amide bonds. The lowest BCUT2D eigenvalue weighted by Gasteiger charge is -2.24. The van der Waals surface area contributed by atoms with E-state index in [0.717, 1.165) is 11.3 Å². The smallest absolute Gasteiger partial charge is 0.273 e. The number of nitro groups is 1. The molecule has 0 aliphatic carbocycles. The van der Waals surface area contributed by atoms with Crippen molar-refractivity contribution < 1.29 is 9.72 Å². The summed E-state index contributed by atoms with van der Waals surface area (Å²) < 4.78 is 0. The van der Waals surface area contributed by atoms with Gasteiger partial charge in [-0.2, -0.15) is 0 Å². The summed E-state index contributed by atoms with van der Waals surface area (Å²) in [4.78, 5) is 25.5. The molecule has 0 bridgehead atoms. The Morgan fingerprint density at radius 2 is 1.92 bits per heavy atom. The molecule has 2 aromatic carbocycles. The van der Waals surface area contributed by atoms with Crippen LogP contribution in [0.25, 0.3) is 0 Å². The molecule has 0 saturated carbocycles. The number of benzene rings is 2. The molecule has 0 spiro atoms. The van der Waals surface area contributed by atoms with E-state index in [4.69, 9.17) is 0 Å².